The number of carbonyl (C=O) groups excluding carboxylic acids is 2. The number of nitrogens with zero attached hydrogens (tertiary/aromatic N) is 1. The molecule has 0 spiro atoms. The Morgan fingerprint density at radius 1 is 1.25 bits per heavy atom. The molecule has 1 saturated heterocycles. The molecule has 6 heteroatoms. The van der Waals surface area contributed by atoms with E-state index in [-0.39, 0.29) is 24.1 Å². The van der Waals surface area contributed by atoms with Gasteiger partial charge in [-0.2, -0.15) is 0 Å². The van der Waals surface area contributed by atoms with Crippen molar-refractivity contribution in [3.05, 3.63) is 29.6 Å². The second-order valence-corrected chi connectivity index (χ2v) is 5.61. The first kappa shape index (κ1) is 14.2. The van der Waals surface area contributed by atoms with Gasteiger partial charge in [-0.15, -0.1) is 0 Å². The van der Waals surface area contributed by atoms with Crippen LogP contribution in [0.2, 0.25) is 0 Å². The Kier molecular flexibility index (Phi) is 3.33. The maximum atomic E-state index is 13.3. The largest absolute Gasteiger partial charge is 0.478 e. The fourth-order valence-electron chi connectivity index (χ4n) is 2.32. The lowest BCUT2D eigenvalue weighted by molar-refractivity contribution is -0.132. The summed E-state index contributed by atoms with van der Waals surface area (Å²) >= 11 is 0. The minimum atomic E-state index is -1.31. The van der Waals surface area contributed by atoms with E-state index in [0.29, 0.717) is 0 Å². The van der Waals surface area contributed by atoms with Gasteiger partial charge in [-0.1, -0.05) is 13.8 Å². The smallest absolute Gasteiger partial charge is 0.337 e. The van der Waals surface area contributed by atoms with Crippen molar-refractivity contribution >= 4 is 23.5 Å². The Morgan fingerprint density at radius 3 is 2.30 bits per heavy atom. The number of aromatic carboxylic acids is 1. The Bertz CT molecular complexity index is 589. The summed E-state index contributed by atoms with van der Waals surface area (Å²) in [5.41, 5.74) is -0.947. The number of carboxylic acids is 1. The molecule has 0 atom stereocenters. The predicted octanol–water partition coefficient (Wildman–Crippen LogP) is 2.20. The molecule has 1 heterocycles. The van der Waals surface area contributed by atoms with E-state index >= 15 is 0 Å². The van der Waals surface area contributed by atoms with Crippen LogP contribution in [0.1, 0.15) is 37.0 Å². The molecule has 0 unspecified atom stereocenters. The van der Waals surface area contributed by atoms with Crippen molar-refractivity contribution in [3.8, 4) is 0 Å². The van der Waals surface area contributed by atoms with E-state index < -0.39 is 29.0 Å². The van der Waals surface area contributed by atoms with Crippen molar-refractivity contribution in [2.24, 2.45) is 5.41 Å². The molecule has 0 aromatic heterocycles. The highest BCUT2D eigenvalue weighted by Gasteiger charge is 2.39. The first-order chi connectivity index (χ1) is 9.21. The Labute approximate surface area is 115 Å². The average molecular weight is 279 g/mol. The number of imide groups is 1. The number of hydrogen-bond donors (Lipinski definition) is 1. The molecule has 0 aliphatic carbocycles. The molecule has 1 N–H and O–H groups in total. The highest BCUT2D eigenvalue weighted by molar-refractivity contribution is 6.19. The topological polar surface area (TPSA) is 74.7 Å². The van der Waals surface area contributed by atoms with E-state index in [4.69, 9.17) is 5.11 Å². The number of anilines is 1. The van der Waals surface area contributed by atoms with Crippen LogP contribution >= 0.6 is 0 Å². The van der Waals surface area contributed by atoms with Crippen molar-refractivity contribution in [2.45, 2.75) is 26.7 Å². The lowest BCUT2D eigenvalue weighted by Gasteiger charge is -2.35. The third-order valence-corrected chi connectivity index (χ3v) is 3.19. The zero-order valence-corrected chi connectivity index (χ0v) is 11.1. The summed E-state index contributed by atoms with van der Waals surface area (Å²) in [6.45, 7) is 3.56. The van der Waals surface area contributed by atoms with E-state index in [9.17, 15) is 18.8 Å². The van der Waals surface area contributed by atoms with E-state index in [1.165, 1.54) is 0 Å². The maximum absolute atomic E-state index is 13.3. The van der Waals surface area contributed by atoms with E-state index in [0.717, 1.165) is 23.1 Å². The fraction of sp³-hybridized carbons (Fsp3) is 0.357. The number of hydrogen-bond acceptors (Lipinski definition) is 3. The van der Waals surface area contributed by atoms with Gasteiger partial charge in [-0.3, -0.25) is 9.59 Å². The van der Waals surface area contributed by atoms with E-state index in [1.807, 2.05) is 0 Å². The second kappa shape index (κ2) is 4.70. The van der Waals surface area contributed by atoms with Crippen LogP contribution < -0.4 is 4.90 Å². The van der Waals surface area contributed by atoms with Crippen LogP contribution in [-0.2, 0) is 9.59 Å². The number of benzene rings is 1. The Hall–Kier alpha value is -2.24. The van der Waals surface area contributed by atoms with Crippen molar-refractivity contribution in [1.82, 2.24) is 0 Å². The van der Waals surface area contributed by atoms with Crippen molar-refractivity contribution in [3.63, 3.8) is 0 Å². The lowest BCUT2D eigenvalue weighted by Crippen LogP contribution is -2.46. The molecule has 0 saturated carbocycles. The summed E-state index contributed by atoms with van der Waals surface area (Å²) in [6.07, 6.45) is 0.211. The van der Waals surface area contributed by atoms with E-state index in [2.05, 4.69) is 0 Å². The molecule has 1 fully saturated rings. The molecular weight excluding hydrogens is 265 g/mol. The monoisotopic (exact) mass is 279 g/mol. The molecule has 20 heavy (non-hydrogen) atoms. The molecule has 1 aromatic rings. The lowest BCUT2D eigenvalue weighted by atomic mass is 9.81. The number of rotatable bonds is 2. The van der Waals surface area contributed by atoms with Crippen LogP contribution in [0, 0.1) is 11.2 Å². The zero-order chi connectivity index (χ0) is 15.1. The van der Waals surface area contributed by atoms with Crippen LogP contribution in [0.15, 0.2) is 18.2 Å². The van der Waals surface area contributed by atoms with Gasteiger partial charge in [-0.25, -0.2) is 14.1 Å². The van der Waals surface area contributed by atoms with Crippen LogP contribution in [0.5, 0.6) is 0 Å². The average Bonchev–Trinajstić information content (AvgIpc) is 2.25. The van der Waals surface area contributed by atoms with Crippen molar-refractivity contribution in [1.29, 1.82) is 0 Å². The van der Waals surface area contributed by atoms with Crippen molar-refractivity contribution < 1.29 is 23.9 Å². The number of halogens is 1. The molecule has 2 amide bonds. The highest BCUT2D eigenvalue weighted by Crippen LogP contribution is 2.35. The first-order valence-corrected chi connectivity index (χ1v) is 6.10. The van der Waals surface area contributed by atoms with Gasteiger partial charge in [0.25, 0.3) is 0 Å². The van der Waals surface area contributed by atoms with Gasteiger partial charge in [-0.05, 0) is 23.6 Å². The molecule has 5 nitrogen and oxygen atoms in total. The van der Waals surface area contributed by atoms with Crippen molar-refractivity contribution in [2.75, 3.05) is 4.90 Å². The van der Waals surface area contributed by atoms with Gasteiger partial charge in [0.15, 0.2) is 0 Å². The first-order valence-electron chi connectivity index (χ1n) is 6.10. The predicted molar refractivity (Wildman–Crippen MR) is 68.9 cm³/mol. The number of carboxylic acid groups (broad SMARTS) is 1. The molecular formula is C14H14FNO4. The normalized spacial score (nSPS) is 18.2. The second-order valence-electron chi connectivity index (χ2n) is 5.61. The third kappa shape index (κ3) is 2.54. The number of piperidine rings is 1. The summed E-state index contributed by atoms with van der Waals surface area (Å²) in [6, 6.07) is 2.93. The third-order valence-electron chi connectivity index (χ3n) is 3.19. The highest BCUT2D eigenvalue weighted by atomic mass is 19.1. The summed E-state index contributed by atoms with van der Waals surface area (Å²) in [4.78, 5) is 36.1. The van der Waals surface area contributed by atoms with Gasteiger partial charge in [0.05, 0.1) is 11.3 Å². The van der Waals surface area contributed by atoms with Gasteiger partial charge in [0.2, 0.25) is 11.8 Å². The minimum absolute atomic E-state index is 0.105. The summed E-state index contributed by atoms with van der Waals surface area (Å²) < 4.78 is 13.3. The van der Waals surface area contributed by atoms with Crippen LogP contribution in [0.4, 0.5) is 10.1 Å². The quantitative estimate of drug-likeness (QED) is 0.842. The summed E-state index contributed by atoms with van der Waals surface area (Å²) in [7, 11) is 0. The minimum Gasteiger partial charge on any atom is -0.478 e. The molecule has 0 radical (unpaired) electrons. The van der Waals surface area contributed by atoms with Crippen LogP contribution in [0.3, 0.4) is 0 Å². The maximum Gasteiger partial charge on any atom is 0.337 e. The van der Waals surface area contributed by atoms with Gasteiger partial charge in [0, 0.05) is 12.8 Å². The molecule has 0 bridgehead atoms. The molecule has 1 aliphatic heterocycles. The number of carbonyl (C=O) groups is 3. The fourth-order valence-corrected chi connectivity index (χ4v) is 2.32. The molecule has 1 aromatic carbocycles. The van der Waals surface area contributed by atoms with E-state index in [1.54, 1.807) is 13.8 Å². The molecule has 2 rings (SSSR count). The summed E-state index contributed by atoms with van der Waals surface area (Å²) in [5.74, 6) is -3.04. The van der Waals surface area contributed by atoms with Crippen LogP contribution in [-0.4, -0.2) is 22.9 Å². The Balaban J connectivity index is 2.51. The Morgan fingerprint density at radius 2 is 1.80 bits per heavy atom. The van der Waals surface area contributed by atoms with Gasteiger partial charge < -0.3 is 5.11 Å². The van der Waals surface area contributed by atoms with Gasteiger partial charge in [0.1, 0.15) is 5.82 Å². The molecule has 1 aliphatic rings. The zero-order valence-electron chi connectivity index (χ0n) is 11.1. The SMILES string of the molecule is CC1(C)CC(=O)N(c2cc(F)ccc2C(=O)O)C(=O)C1. The standard InChI is InChI=1S/C14H14FNO4/c1-14(2)6-11(17)16(12(18)7-14)10-5-8(15)3-4-9(10)13(19)20/h3-5H,6-7H2,1-2H3,(H,19,20). The molecule has 106 valence electrons. The van der Waals surface area contributed by atoms with Crippen LogP contribution in [0.25, 0.3) is 0 Å². The summed E-state index contributed by atoms with van der Waals surface area (Å²) in [5, 5.41) is 9.09. The van der Waals surface area contributed by atoms with Gasteiger partial charge >= 0.3 is 5.97 Å². The number of amides is 2.